The molecule has 0 saturated heterocycles. The van der Waals surface area contributed by atoms with Gasteiger partial charge in [-0.15, -0.1) is 0 Å². The molecule has 0 saturated carbocycles. The largest absolute Gasteiger partial charge is 0.343 e. The van der Waals surface area contributed by atoms with Gasteiger partial charge < -0.3 is 14.4 Å². The highest BCUT2D eigenvalue weighted by Gasteiger charge is 2.26. The average molecular weight is 337 g/mol. The maximum Gasteiger partial charge on any atom is 0.287 e. The lowest BCUT2D eigenvalue weighted by Gasteiger charge is -2.14. The molecule has 3 aromatic rings. The SMILES string of the molecule is CCc1nc(-c2ccc3c(c2)CC[C@H]3NC(=O)c2nccn2C)no1. The van der Waals surface area contributed by atoms with E-state index in [2.05, 4.69) is 26.5 Å². The third-order valence-corrected chi connectivity index (χ3v) is 4.58. The molecule has 25 heavy (non-hydrogen) atoms. The summed E-state index contributed by atoms with van der Waals surface area (Å²) in [5.74, 6) is 1.51. The maximum atomic E-state index is 12.4. The van der Waals surface area contributed by atoms with Gasteiger partial charge in [-0.2, -0.15) is 4.98 Å². The van der Waals surface area contributed by atoms with Gasteiger partial charge in [0.05, 0.1) is 6.04 Å². The molecular formula is C18H19N5O2. The van der Waals surface area contributed by atoms with Gasteiger partial charge in [-0.05, 0) is 30.0 Å². The van der Waals surface area contributed by atoms with Crippen LogP contribution in [0, 0.1) is 0 Å². The van der Waals surface area contributed by atoms with Crippen LogP contribution in [0.2, 0.25) is 0 Å². The van der Waals surface area contributed by atoms with E-state index >= 15 is 0 Å². The Morgan fingerprint density at radius 3 is 3.04 bits per heavy atom. The van der Waals surface area contributed by atoms with Crippen molar-refractivity contribution in [2.75, 3.05) is 0 Å². The zero-order chi connectivity index (χ0) is 17.4. The number of fused-ring (bicyclic) bond motifs is 1. The van der Waals surface area contributed by atoms with Crippen molar-refractivity contribution in [2.24, 2.45) is 7.05 Å². The van der Waals surface area contributed by atoms with E-state index in [0.717, 1.165) is 30.4 Å². The number of hydrogen-bond donors (Lipinski definition) is 1. The number of aromatic nitrogens is 4. The van der Waals surface area contributed by atoms with Gasteiger partial charge in [-0.25, -0.2) is 4.98 Å². The van der Waals surface area contributed by atoms with E-state index in [1.54, 1.807) is 17.0 Å². The molecule has 128 valence electrons. The van der Waals surface area contributed by atoms with Gasteiger partial charge in [0.2, 0.25) is 11.7 Å². The van der Waals surface area contributed by atoms with Gasteiger partial charge >= 0.3 is 0 Å². The van der Waals surface area contributed by atoms with Crippen molar-refractivity contribution in [3.8, 4) is 11.4 Å². The number of hydrogen-bond acceptors (Lipinski definition) is 5. The summed E-state index contributed by atoms with van der Waals surface area (Å²) in [6.45, 7) is 1.98. The van der Waals surface area contributed by atoms with Crippen LogP contribution in [0.3, 0.4) is 0 Å². The number of carbonyl (C=O) groups excluding carboxylic acids is 1. The van der Waals surface area contributed by atoms with Crippen LogP contribution >= 0.6 is 0 Å². The van der Waals surface area contributed by atoms with E-state index in [0.29, 0.717) is 17.5 Å². The van der Waals surface area contributed by atoms with E-state index < -0.39 is 0 Å². The van der Waals surface area contributed by atoms with Crippen LogP contribution in [-0.2, 0) is 19.9 Å². The van der Waals surface area contributed by atoms with Crippen LogP contribution in [0.4, 0.5) is 0 Å². The molecule has 1 atom stereocenters. The molecule has 7 heteroatoms. The quantitative estimate of drug-likeness (QED) is 0.790. The first-order valence-electron chi connectivity index (χ1n) is 8.39. The van der Waals surface area contributed by atoms with E-state index in [9.17, 15) is 4.79 Å². The van der Waals surface area contributed by atoms with Gasteiger partial charge in [-0.1, -0.05) is 24.2 Å². The van der Waals surface area contributed by atoms with Gasteiger partial charge in [0.25, 0.3) is 5.91 Å². The summed E-state index contributed by atoms with van der Waals surface area (Å²) in [5.41, 5.74) is 3.30. The fourth-order valence-electron chi connectivity index (χ4n) is 3.23. The zero-order valence-corrected chi connectivity index (χ0v) is 14.2. The van der Waals surface area contributed by atoms with Gasteiger partial charge in [0.1, 0.15) is 0 Å². The molecule has 4 rings (SSSR count). The first-order chi connectivity index (χ1) is 12.2. The Hall–Kier alpha value is -2.96. The number of carbonyl (C=O) groups is 1. The predicted molar refractivity (Wildman–Crippen MR) is 90.8 cm³/mol. The number of benzene rings is 1. The topological polar surface area (TPSA) is 85.8 Å². The van der Waals surface area contributed by atoms with E-state index in [1.165, 1.54) is 5.56 Å². The fraction of sp³-hybridized carbons (Fsp3) is 0.333. The summed E-state index contributed by atoms with van der Waals surface area (Å²) < 4.78 is 6.90. The van der Waals surface area contributed by atoms with Gasteiger partial charge in [0.15, 0.2) is 5.82 Å². The molecule has 2 aromatic heterocycles. The third kappa shape index (κ3) is 2.82. The summed E-state index contributed by atoms with van der Waals surface area (Å²) in [6.07, 6.45) is 5.90. The third-order valence-electron chi connectivity index (χ3n) is 4.58. The molecule has 0 spiro atoms. The minimum Gasteiger partial charge on any atom is -0.343 e. The summed E-state index contributed by atoms with van der Waals surface area (Å²) in [4.78, 5) is 20.9. The van der Waals surface area contributed by atoms with Crippen molar-refractivity contribution in [1.29, 1.82) is 0 Å². The van der Waals surface area contributed by atoms with Crippen molar-refractivity contribution < 1.29 is 9.32 Å². The molecular weight excluding hydrogens is 318 g/mol. The molecule has 0 bridgehead atoms. The maximum absolute atomic E-state index is 12.4. The van der Waals surface area contributed by atoms with E-state index in [4.69, 9.17) is 4.52 Å². The zero-order valence-electron chi connectivity index (χ0n) is 14.2. The first kappa shape index (κ1) is 15.6. The Balaban J connectivity index is 1.55. The summed E-state index contributed by atoms with van der Waals surface area (Å²) in [7, 11) is 1.81. The van der Waals surface area contributed by atoms with E-state index in [1.807, 2.05) is 26.1 Å². The number of nitrogens with one attached hydrogen (secondary N) is 1. The molecule has 0 fully saturated rings. The lowest BCUT2D eigenvalue weighted by atomic mass is 10.0. The standard InChI is InChI=1S/C18H19N5O2/c1-3-15-21-16(22-25-15)12-4-6-13-11(10-12)5-7-14(13)20-18(24)17-19-8-9-23(17)2/h4,6,8-10,14H,3,5,7H2,1-2H3,(H,20,24)/t14-/m1/s1. The lowest BCUT2D eigenvalue weighted by molar-refractivity contribution is 0.0923. The summed E-state index contributed by atoms with van der Waals surface area (Å²) in [6, 6.07) is 6.12. The number of amides is 1. The van der Waals surface area contributed by atoms with E-state index in [-0.39, 0.29) is 11.9 Å². The molecule has 1 aliphatic rings. The normalized spacial score (nSPS) is 16.0. The molecule has 2 heterocycles. The summed E-state index contributed by atoms with van der Waals surface area (Å²) >= 11 is 0. The van der Waals surface area contributed by atoms with Crippen LogP contribution in [0.25, 0.3) is 11.4 Å². The van der Waals surface area contributed by atoms with Crippen LogP contribution in [0.15, 0.2) is 35.1 Å². The average Bonchev–Trinajstić information content (AvgIpc) is 3.34. The summed E-state index contributed by atoms with van der Waals surface area (Å²) in [5, 5.41) is 7.11. The second-order valence-electron chi connectivity index (χ2n) is 6.21. The van der Waals surface area contributed by atoms with Gasteiger partial charge in [0, 0.05) is 31.4 Å². The van der Waals surface area contributed by atoms with Crippen LogP contribution in [0.1, 0.15) is 47.0 Å². The Labute approximate surface area is 145 Å². The van der Waals surface area contributed by atoms with Gasteiger partial charge in [-0.3, -0.25) is 4.79 Å². The van der Waals surface area contributed by atoms with Crippen molar-refractivity contribution in [1.82, 2.24) is 25.0 Å². The van der Waals surface area contributed by atoms with Crippen molar-refractivity contribution in [3.63, 3.8) is 0 Å². The molecule has 1 aliphatic carbocycles. The molecule has 0 aliphatic heterocycles. The van der Waals surface area contributed by atoms with Crippen LogP contribution < -0.4 is 5.32 Å². The van der Waals surface area contributed by atoms with Crippen LogP contribution in [0.5, 0.6) is 0 Å². The Bertz CT molecular complexity index is 927. The molecule has 0 radical (unpaired) electrons. The molecule has 1 aromatic carbocycles. The molecule has 1 amide bonds. The minimum atomic E-state index is -0.153. The predicted octanol–water partition coefficient (Wildman–Crippen LogP) is 2.45. The smallest absolute Gasteiger partial charge is 0.287 e. The minimum absolute atomic E-state index is 0.00437. The fourth-order valence-corrected chi connectivity index (χ4v) is 3.23. The van der Waals surface area contributed by atoms with Crippen LogP contribution in [-0.4, -0.2) is 25.6 Å². The Morgan fingerprint density at radius 1 is 1.44 bits per heavy atom. The molecule has 0 unspecified atom stereocenters. The first-order valence-corrected chi connectivity index (χ1v) is 8.39. The number of imidazole rings is 1. The highest BCUT2D eigenvalue weighted by molar-refractivity contribution is 5.91. The highest BCUT2D eigenvalue weighted by atomic mass is 16.5. The number of nitrogens with zero attached hydrogens (tertiary/aromatic N) is 4. The second kappa shape index (κ2) is 6.16. The second-order valence-corrected chi connectivity index (χ2v) is 6.21. The Morgan fingerprint density at radius 2 is 2.32 bits per heavy atom. The number of aryl methyl sites for hydroxylation is 3. The number of rotatable bonds is 4. The molecule has 1 N–H and O–H groups in total. The van der Waals surface area contributed by atoms with Crippen molar-refractivity contribution in [3.05, 3.63) is 53.4 Å². The van der Waals surface area contributed by atoms with Crippen molar-refractivity contribution in [2.45, 2.75) is 32.2 Å². The molecule has 7 nitrogen and oxygen atoms in total. The monoisotopic (exact) mass is 337 g/mol. The van der Waals surface area contributed by atoms with Crippen molar-refractivity contribution >= 4 is 5.91 Å². The highest BCUT2D eigenvalue weighted by Crippen LogP contribution is 2.33. The Kier molecular flexibility index (Phi) is 3.83. The lowest BCUT2D eigenvalue weighted by Crippen LogP contribution is -2.29.